The molecule has 0 amide bonds. The molecular formula is C11H11FN2O4S. The Morgan fingerprint density at radius 3 is 2.84 bits per heavy atom. The van der Waals surface area contributed by atoms with Gasteiger partial charge in [0, 0.05) is 11.8 Å². The average molecular weight is 286 g/mol. The molecular weight excluding hydrogens is 275 g/mol. The zero-order chi connectivity index (χ0) is 14.0. The summed E-state index contributed by atoms with van der Waals surface area (Å²) in [5, 5.41) is 22.5. The molecule has 1 aromatic carbocycles. The maximum Gasteiger partial charge on any atom is 0.342 e. The van der Waals surface area contributed by atoms with Crippen LogP contribution in [0.1, 0.15) is 16.8 Å². The number of nitrogens with zero attached hydrogens (tertiary/aromatic N) is 1. The lowest BCUT2D eigenvalue weighted by Crippen LogP contribution is -2.19. The first kappa shape index (κ1) is 13.6. The highest BCUT2D eigenvalue weighted by atomic mass is 32.2. The molecule has 8 heteroatoms. The van der Waals surface area contributed by atoms with E-state index in [4.69, 9.17) is 5.11 Å². The van der Waals surface area contributed by atoms with Crippen LogP contribution in [0.25, 0.3) is 0 Å². The van der Waals surface area contributed by atoms with Crippen LogP contribution >= 0.6 is 11.8 Å². The van der Waals surface area contributed by atoms with Crippen molar-refractivity contribution in [1.29, 1.82) is 0 Å². The molecule has 1 heterocycles. The summed E-state index contributed by atoms with van der Waals surface area (Å²) in [5.41, 5.74) is -1.26. The minimum atomic E-state index is -1.45. The molecule has 0 aromatic heterocycles. The quantitative estimate of drug-likeness (QED) is 0.652. The Morgan fingerprint density at radius 2 is 2.32 bits per heavy atom. The molecule has 1 saturated heterocycles. The number of anilines is 1. The Bertz CT molecular complexity index is 532. The predicted molar refractivity (Wildman–Crippen MR) is 69.4 cm³/mol. The van der Waals surface area contributed by atoms with Crippen molar-refractivity contribution in [3.8, 4) is 0 Å². The van der Waals surface area contributed by atoms with E-state index in [1.807, 2.05) is 0 Å². The fourth-order valence-electron chi connectivity index (χ4n) is 1.86. The summed E-state index contributed by atoms with van der Waals surface area (Å²) < 4.78 is 13.7. The molecule has 19 heavy (non-hydrogen) atoms. The molecule has 102 valence electrons. The Labute approximate surface area is 112 Å². The number of carboxylic acid groups (broad SMARTS) is 1. The minimum Gasteiger partial charge on any atom is -0.477 e. The van der Waals surface area contributed by atoms with Crippen LogP contribution in [0.5, 0.6) is 0 Å². The number of hydrogen-bond donors (Lipinski definition) is 2. The second-order valence-corrected chi connectivity index (χ2v) is 5.27. The zero-order valence-electron chi connectivity index (χ0n) is 9.76. The van der Waals surface area contributed by atoms with E-state index in [2.05, 4.69) is 5.32 Å². The van der Waals surface area contributed by atoms with E-state index in [1.54, 1.807) is 11.8 Å². The van der Waals surface area contributed by atoms with Crippen LogP contribution in [0.2, 0.25) is 0 Å². The highest BCUT2D eigenvalue weighted by Gasteiger charge is 2.25. The largest absolute Gasteiger partial charge is 0.477 e. The van der Waals surface area contributed by atoms with Crippen molar-refractivity contribution < 1.29 is 19.2 Å². The molecule has 1 aliphatic rings. The highest BCUT2D eigenvalue weighted by Crippen LogP contribution is 2.28. The minimum absolute atomic E-state index is 0.00417. The van der Waals surface area contributed by atoms with Crippen LogP contribution in [-0.4, -0.2) is 33.5 Å². The fraction of sp³-hybridized carbons (Fsp3) is 0.364. The molecule has 1 unspecified atom stereocenters. The molecule has 0 spiro atoms. The van der Waals surface area contributed by atoms with E-state index in [1.165, 1.54) is 0 Å². The molecule has 1 atom stereocenters. The standard InChI is InChI=1S/C11H11FN2O4S/c12-8-4-10(14(17)18)7(11(15)16)3-9(8)13-6-1-2-19-5-6/h3-4,6,13H,1-2,5H2,(H,15,16). The van der Waals surface area contributed by atoms with E-state index in [-0.39, 0.29) is 11.7 Å². The molecule has 0 bridgehead atoms. The zero-order valence-corrected chi connectivity index (χ0v) is 10.6. The van der Waals surface area contributed by atoms with E-state index in [0.717, 1.165) is 24.0 Å². The molecule has 1 aliphatic heterocycles. The van der Waals surface area contributed by atoms with Gasteiger partial charge in [-0.25, -0.2) is 9.18 Å². The Balaban J connectivity index is 2.36. The lowest BCUT2D eigenvalue weighted by molar-refractivity contribution is -0.385. The summed E-state index contributed by atoms with van der Waals surface area (Å²) in [6.07, 6.45) is 0.851. The van der Waals surface area contributed by atoms with Gasteiger partial charge in [-0.3, -0.25) is 10.1 Å². The normalized spacial score (nSPS) is 18.3. The molecule has 2 N–H and O–H groups in total. The average Bonchev–Trinajstić information content (AvgIpc) is 2.83. The number of hydrogen-bond acceptors (Lipinski definition) is 5. The van der Waals surface area contributed by atoms with Crippen molar-refractivity contribution in [2.75, 3.05) is 16.8 Å². The van der Waals surface area contributed by atoms with Crippen LogP contribution in [0.15, 0.2) is 12.1 Å². The number of halogens is 1. The monoisotopic (exact) mass is 286 g/mol. The summed E-state index contributed by atoms with van der Waals surface area (Å²) in [6, 6.07) is 1.69. The number of nitro benzene ring substituents is 1. The number of nitrogens with one attached hydrogen (secondary N) is 1. The number of thioether (sulfide) groups is 1. The van der Waals surface area contributed by atoms with Crippen LogP contribution in [0, 0.1) is 15.9 Å². The van der Waals surface area contributed by atoms with E-state index in [9.17, 15) is 19.3 Å². The third-order valence-electron chi connectivity index (χ3n) is 2.80. The second kappa shape index (κ2) is 5.43. The highest BCUT2D eigenvalue weighted by molar-refractivity contribution is 7.99. The third kappa shape index (κ3) is 2.95. The van der Waals surface area contributed by atoms with Gasteiger partial charge in [0.2, 0.25) is 0 Å². The van der Waals surface area contributed by atoms with Gasteiger partial charge in [0.05, 0.1) is 16.7 Å². The molecule has 0 saturated carbocycles. The maximum absolute atomic E-state index is 13.7. The topological polar surface area (TPSA) is 92.5 Å². The van der Waals surface area contributed by atoms with Crippen LogP contribution in [0.3, 0.4) is 0 Å². The molecule has 6 nitrogen and oxygen atoms in total. The number of rotatable bonds is 4. The van der Waals surface area contributed by atoms with Crippen molar-refractivity contribution in [1.82, 2.24) is 0 Å². The Kier molecular flexibility index (Phi) is 3.89. The fourth-order valence-corrected chi connectivity index (χ4v) is 3.02. The number of carboxylic acids is 1. The van der Waals surface area contributed by atoms with Gasteiger partial charge in [-0.2, -0.15) is 11.8 Å². The van der Waals surface area contributed by atoms with Crippen molar-refractivity contribution >= 4 is 29.1 Å². The van der Waals surface area contributed by atoms with Gasteiger partial charge in [-0.15, -0.1) is 0 Å². The predicted octanol–water partition coefficient (Wildman–Crippen LogP) is 2.35. The van der Waals surface area contributed by atoms with Gasteiger partial charge < -0.3 is 10.4 Å². The lowest BCUT2D eigenvalue weighted by Gasteiger charge is -2.14. The van der Waals surface area contributed by atoms with Crippen molar-refractivity contribution in [2.24, 2.45) is 0 Å². The maximum atomic E-state index is 13.7. The molecule has 1 fully saturated rings. The van der Waals surface area contributed by atoms with E-state index in [0.29, 0.717) is 6.07 Å². The first-order valence-corrected chi connectivity index (χ1v) is 6.70. The first-order chi connectivity index (χ1) is 8.99. The van der Waals surface area contributed by atoms with Gasteiger partial charge in [-0.1, -0.05) is 0 Å². The summed E-state index contributed by atoms with van der Waals surface area (Å²) in [6.45, 7) is 0. The Morgan fingerprint density at radius 1 is 1.58 bits per heavy atom. The molecule has 0 radical (unpaired) electrons. The van der Waals surface area contributed by atoms with Gasteiger partial charge in [0.15, 0.2) is 5.82 Å². The second-order valence-electron chi connectivity index (χ2n) is 4.12. The number of benzene rings is 1. The van der Waals surface area contributed by atoms with Gasteiger partial charge in [0.1, 0.15) is 5.56 Å². The summed E-state index contributed by atoms with van der Waals surface area (Å²) in [5.74, 6) is -0.499. The van der Waals surface area contributed by atoms with Gasteiger partial charge in [0.25, 0.3) is 5.69 Å². The number of nitro groups is 1. The summed E-state index contributed by atoms with van der Waals surface area (Å²) in [4.78, 5) is 20.8. The van der Waals surface area contributed by atoms with Crippen molar-refractivity contribution in [3.05, 3.63) is 33.6 Å². The number of aromatic carboxylic acids is 1. The molecule has 2 rings (SSSR count). The summed E-state index contributed by atoms with van der Waals surface area (Å²) in [7, 11) is 0. The SMILES string of the molecule is O=C(O)c1cc(NC2CCSC2)c(F)cc1[N+](=O)[O-]. The lowest BCUT2D eigenvalue weighted by atomic mass is 10.1. The smallest absolute Gasteiger partial charge is 0.342 e. The van der Waals surface area contributed by atoms with Crippen LogP contribution < -0.4 is 5.32 Å². The Hall–Kier alpha value is -1.83. The van der Waals surface area contributed by atoms with Crippen molar-refractivity contribution in [3.63, 3.8) is 0 Å². The van der Waals surface area contributed by atoms with Gasteiger partial charge >= 0.3 is 5.97 Å². The van der Waals surface area contributed by atoms with Crippen LogP contribution in [0.4, 0.5) is 15.8 Å². The molecule has 1 aromatic rings. The summed E-state index contributed by atoms with van der Waals surface area (Å²) >= 11 is 1.72. The van der Waals surface area contributed by atoms with Crippen molar-refractivity contribution in [2.45, 2.75) is 12.5 Å². The molecule has 0 aliphatic carbocycles. The third-order valence-corrected chi connectivity index (χ3v) is 3.96. The first-order valence-electron chi connectivity index (χ1n) is 5.54. The van der Waals surface area contributed by atoms with Gasteiger partial charge in [-0.05, 0) is 18.2 Å². The van der Waals surface area contributed by atoms with E-state index < -0.39 is 28.0 Å². The van der Waals surface area contributed by atoms with Crippen LogP contribution in [-0.2, 0) is 0 Å². The number of carbonyl (C=O) groups is 1. The van der Waals surface area contributed by atoms with E-state index >= 15 is 0 Å².